The lowest BCUT2D eigenvalue weighted by Crippen LogP contribution is -2.37. The summed E-state index contributed by atoms with van der Waals surface area (Å²) in [6.45, 7) is 2.30. The van der Waals surface area contributed by atoms with Crippen molar-refractivity contribution >= 4 is 27.2 Å². The molecule has 27 heavy (non-hydrogen) atoms. The van der Waals surface area contributed by atoms with E-state index in [9.17, 15) is 17.2 Å². The number of hydrogen-bond donors (Lipinski definition) is 0. The second kappa shape index (κ2) is 6.88. The predicted molar refractivity (Wildman–Crippen MR) is 95.5 cm³/mol. The van der Waals surface area contributed by atoms with E-state index in [0.717, 1.165) is 11.5 Å². The Hall–Kier alpha value is -1.98. The molecule has 4 heterocycles. The zero-order valence-corrected chi connectivity index (χ0v) is 16.1. The first-order valence-electron chi connectivity index (χ1n) is 8.41. The number of aromatic nitrogens is 4. The second-order valence-corrected chi connectivity index (χ2v) is 9.48. The van der Waals surface area contributed by atoms with Gasteiger partial charge in [-0.1, -0.05) is 0 Å². The van der Waals surface area contributed by atoms with E-state index in [0.29, 0.717) is 29.7 Å². The van der Waals surface area contributed by atoms with Gasteiger partial charge in [0.2, 0.25) is 0 Å². The molecule has 0 bridgehead atoms. The molecule has 0 amide bonds. The van der Waals surface area contributed by atoms with Crippen LogP contribution in [-0.4, -0.2) is 44.8 Å². The summed E-state index contributed by atoms with van der Waals surface area (Å²) in [6.07, 6.45) is 1.23. The maximum Gasteiger partial charge on any atom is 0.264 e. The molecule has 4 rings (SSSR count). The van der Waals surface area contributed by atoms with Crippen LogP contribution < -0.4 is 0 Å². The number of fused-ring (bicyclic) bond motifs is 1. The lowest BCUT2D eigenvalue weighted by atomic mass is 9.88. The van der Waals surface area contributed by atoms with Gasteiger partial charge in [-0.15, -0.1) is 0 Å². The Balaban J connectivity index is 1.57. The molecular weight excluding hydrogens is 396 g/mol. The summed E-state index contributed by atoms with van der Waals surface area (Å²) >= 11 is 0.959. The molecule has 0 unspecified atom stereocenters. The van der Waals surface area contributed by atoms with E-state index >= 15 is 0 Å². The van der Waals surface area contributed by atoms with E-state index in [4.69, 9.17) is 0 Å². The van der Waals surface area contributed by atoms with Crippen molar-refractivity contribution in [2.45, 2.75) is 36.3 Å². The van der Waals surface area contributed by atoms with Crippen LogP contribution in [0.4, 0.5) is 8.78 Å². The van der Waals surface area contributed by atoms with E-state index < -0.39 is 16.4 Å². The van der Waals surface area contributed by atoms with Crippen molar-refractivity contribution in [2.24, 2.45) is 0 Å². The van der Waals surface area contributed by atoms with Crippen molar-refractivity contribution < 1.29 is 17.2 Å². The van der Waals surface area contributed by atoms with Gasteiger partial charge in [0.25, 0.3) is 16.4 Å². The third-order valence-electron chi connectivity index (χ3n) is 4.81. The summed E-state index contributed by atoms with van der Waals surface area (Å²) in [5.41, 5.74) is 1.48. The van der Waals surface area contributed by atoms with Crippen molar-refractivity contribution in [1.82, 2.24) is 23.3 Å². The molecule has 0 spiro atoms. The van der Waals surface area contributed by atoms with Gasteiger partial charge in [-0.25, -0.2) is 26.7 Å². The van der Waals surface area contributed by atoms with E-state index in [1.54, 1.807) is 19.2 Å². The molecule has 1 saturated heterocycles. The lowest BCUT2D eigenvalue weighted by molar-refractivity contribution is 0.149. The normalized spacial score (nSPS) is 17.2. The SMILES string of the molecule is Cc1cc(S(=O)(=O)N2CCC(c3cn4ncnc4cc3C(F)F)CC2)sn1. The summed E-state index contributed by atoms with van der Waals surface area (Å²) < 4.78 is 59.6. The molecule has 1 aliphatic heterocycles. The highest BCUT2D eigenvalue weighted by atomic mass is 32.2. The minimum absolute atomic E-state index is 0.0603. The second-order valence-electron chi connectivity index (χ2n) is 6.51. The van der Waals surface area contributed by atoms with Gasteiger partial charge in [-0.2, -0.15) is 13.8 Å². The first-order valence-corrected chi connectivity index (χ1v) is 10.6. The highest BCUT2D eigenvalue weighted by molar-refractivity contribution is 7.91. The molecular formula is C16H17F2N5O2S2. The molecule has 1 fully saturated rings. The van der Waals surface area contributed by atoms with Crippen LogP contribution in [0.1, 0.15) is 42.0 Å². The van der Waals surface area contributed by atoms with Crippen molar-refractivity contribution in [1.29, 1.82) is 0 Å². The minimum Gasteiger partial charge on any atom is -0.221 e. The number of sulfonamides is 1. The lowest BCUT2D eigenvalue weighted by Gasteiger charge is -2.31. The molecule has 0 aromatic carbocycles. The van der Waals surface area contributed by atoms with Crippen molar-refractivity contribution in [3.05, 3.63) is 41.5 Å². The third-order valence-corrected chi connectivity index (χ3v) is 8.01. The number of rotatable bonds is 4. The minimum atomic E-state index is -3.59. The number of nitrogens with zero attached hydrogens (tertiary/aromatic N) is 5. The van der Waals surface area contributed by atoms with Gasteiger partial charge in [-0.3, -0.25) is 0 Å². The zero-order chi connectivity index (χ0) is 19.2. The maximum absolute atomic E-state index is 13.5. The van der Waals surface area contributed by atoms with E-state index in [2.05, 4.69) is 14.5 Å². The Labute approximate surface area is 158 Å². The summed E-state index contributed by atoms with van der Waals surface area (Å²) in [7, 11) is -3.59. The summed E-state index contributed by atoms with van der Waals surface area (Å²) in [4.78, 5) is 3.95. The van der Waals surface area contributed by atoms with Crippen LogP contribution in [0.25, 0.3) is 5.65 Å². The van der Waals surface area contributed by atoms with Gasteiger partial charge in [0.1, 0.15) is 6.33 Å². The maximum atomic E-state index is 13.5. The van der Waals surface area contributed by atoms with Crippen LogP contribution in [0.5, 0.6) is 0 Å². The van der Waals surface area contributed by atoms with E-state index in [1.165, 1.54) is 21.2 Å². The van der Waals surface area contributed by atoms with E-state index in [1.807, 2.05) is 0 Å². The average Bonchev–Trinajstić information content (AvgIpc) is 3.29. The van der Waals surface area contributed by atoms with Crippen LogP contribution in [0.3, 0.4) is 0 Å². The first-order chi connectivity index (χ1) is 12.9. The Kier molecular flexibility index (Phi) is 4.68. The van der Waals surface area contributed by atoms with Crippen LogP contribution in [-0.2, 0) is 10.0 Å². The topological polar surface area (TPSA) is 80.5 Å². The van der Waals surface area contributed by atoms with Crippen molar-refractivity contribution in [2.75, 3.05) is 13.1 Å². The molecule has 0 atom stereocenters. The van der Waals surface area contributed by atoms with Crippen LogP contribution >= 0.6 is 11.5 Å². The molecule has 0 N–H and O–H groups in total. The third kappa shape index (κ3) is 3.34. The molecule has 0 saturated carbocycles. The monoisotopic (exact) mass is 413 g/mol. The smallest absolute Gasteiger partial charge is 0.221 e. The molecule has 1 aliphatic rings. The molecule has 144 valence electrons. The Bertz CT molecular complexity index is 1070. The highest BCUT2D eigenvalue weighted by Gasteiger charge is 2.33. The Morgan fingerprint density at radius 2 is 2.00 bits per heavy atom. The Morgan fingerprint density at radius 1 is 1.26 bits per heavy atom. The molecule has 3 aromatic heterocycles. The molecule has 11 heteroatoms. The fourth-order valence-corrected chi connectivity index (χ4v) is 6.00. The van der Waals surface area contributed by atoms with Gasteiger partial charge >= 0.3 is 0 Å². The average molecular weight is 413 g/mol. The van der Waals surface area contributed by atoms with Crippen molar-refractivity contribution in [3.63, 3.8) is 0 Å². The molecule has 0 aliphatic carbocycles. The fraction of sp³-hybridized carbons (Fsp3) is 0.438. The van der Waals surface area contributed by atoms with Gasteiger partial charge < -0.3 is 0 Å². The fourth-order valence-electron chi connectivity index (χ4n) is 3.42. The van der Waals surface area contributed by atoms with Crippen molar-refractivity contribution in [3.8, 4) is 0 Å². The summed E-state index contributed by atoms with van der Waals surface area (Å²) in [6, 6.07) is 2.91. The molecule has 3 aromatic rings. The highest BCUT2D eigenvalue weighted by Crippen LogP contribution is 2.36. The summed E-state index contributed by atoms with van der Waals surface area (Å²) in [5.74, 6) is -0.155. The number of hydrogen-bond acceptors (Lipinski definition) is 6. The van der Waals surface area contributed by atoms with Crippen LogP contribution in [0, 0.1) is 6.92 Å². The Morgan fingerprint density at radius 3 is 2.63 bits per heavy atom. The molecule has 0 radical (unpaired) electrons. The van der Waals surface area contributed by atoms with Gasteiger partial charge in [-0.05, 0) is 54.9 Å². The number of aryl methyl sites for hydroxylation is 1. The predicted octanol–water partition coefficient (Wildman–Crippen LogP) is 3.00. The summed E-state index contributed by atoms with van der Waals surface area (Å²) in [5, 5.41) is 4.02. The number of halogens is 2. The first kappa shape index (κ1) is 18.4. The van der Waals surface area contributed by atoms with Crippen LogP contribution in [0.2, 0.25) is 0 Å². The zero-order valence-electron chi connectivity index (χ0n) is 14.4. The van der Waals surface area contributed by atoms with Gasteiger partial charge in [0, 0.05) is 24.8 Å². The van der Waals surface area contributed by atoms with Gasteiger partial charge in [0.15, 0.2) is 9.86 Å². The molecule has 7 nitrogen and oxygen atoms in total. The van der Waals surface area contributed by atoms with E-state index in [-0.39, 0.29) is 28.8 Å². The van der Waals surface area contributed by atoms with Gasteiger partial charge in [0.05, 0.1) is 5.69 Å². The van der Waals surface area contributed by atoms with Crippen LogP contribution in [0.15, 0.2) is 28.9 Å². The largest absolute Gasteiger partial charge is 0.264 e. The standard InChI is InChI=1S/C16H17F2N5O2S2/c1-10-6-15(26-21-10)27(24,25)22-4-2-11(3-5-22)13-8-23-14(19-9-20-23)7-12(13)16(17)18/h6-9,11,16H,2-5H2,1H3. The quantitative estimate of drug-likeness (QED) is 0.657. The number of piperidine rings is 1. The number of alkyl halides is 2. The number of pyridine rings is 1.